The Hall–Kier alpha value is -1.60. The molecule has 0 N–H and O–H groups in total. The Balaban J connectivity index is 1.89. The monoisotopic (exact) mass is 313 g/mol. The van der Waals surface area contributed by atoms with Gasteiger partial charge in [0.15, 0.2) is 0 Å². The summed E-state index contributed by atoms with van der Waals surface area (Å²) >= 11 is 0. The Labute approximate surface area is 139 Å². The van der Waals surface area contributed by atoms with Crippen LogP contribution in [0.2, 0.25) is 0 Å². The van der Waals surface area contributed by atoms with Gasteiger partial charge in [0.2, 0.25) is 0 Å². The molecule has 3 rings (SSSR count). The van der Waals surface area contributed by atoms with E-state index < -0.39 is 0 Å². The highest BCUT2D eigenvalue weighted by molar-refractivity contribution is 5.56. The molecule has 4 nitrogen and oxygen atoms in total. The van der Waals surface area contributed by atoms with Crippen LogP contribution in [0, 0.1) is 17.2 Å². The van der Waals surface area contributed by atoms with Crippen molar-refractivity contribution < 1.29 is 4.74 Å². The molecule has 2 saturated heterocycles. The fraction of sp³-hybridized carbons (Fsp3) is 0.684. The van der Waals surface area contributed by atoms with Crippen molar-refractivity contribution in [3.8, 4) is 6.07 Å². The zero-order valence-corrected chi connectivity index (χ0v) is 14.5. The van der Waals surface area contributed by atoms with E-state index in [1.54, 1.807) is 0 Å². The van der Waals surface area contributed by atoms with Crippen LogP contribution in [-0.4, -0.2) is 30.8 Å². The minimum atomic E-state index is 0.0126. The van der Waals surface area contributed by atoms with E-state index in [0.29, 0.717) is 17.5 Å². The fourth-order valence-electron chi connectivity index (χ4n) is 3.79. The lowest BCUT2D eigenvalue weighted by Crippen LogP contribution is -2.40. The third-order valence-electron chi connectivity index (χ3n) is 5.16. The summed E-state index contributed by atoms with van der Waals surface area (Å²) in [6.07, 6.45) is 6.68. The van der Waals surface area contributed by atoms with E-state index in [1.165, 1.54) is 19.3 Å². The molecular weight excluding hydrogens is 286 g/mol. The predicted octanol–water partition coefficient (Wildman–Crippen LogP) is 3.65. The third-order valence-corrected chi connectivity index (χ3v) is 5.16. The molecule has 0 spiro atoms. The molecule has 2 aliphatic rings. The van der Waals surface area contributed by atoms with E-state index in [4.69, 9.17) is 9.72 Å². The maximum absolute atomic E-state index is 9.62. The standard InChI is InChI=1S/C19H27N3O/c1-19(2,3)16-10-15(11-20)18(21-12-16)22-8-4-7-17(22)14-6-5-9-23-13-14/h10,12,14,17H,4-9,13H2,1-3H3. The Bertz CT molecular complexity index is 594. The van der Waals surface area contributed by atoms with Crippen molar-refractivity contribution in [3.05, 3.63) is 23.4 Å². The zero-order chi connectivity index (χ0) is 16.4. The summed E-state index contributed by atoms with van der Waals surface area (Å²) in [5.74, 6) is 1.44. The highest BCUT2D eigenvalue weighted by Gasteiger charge is 2.35. The predicted molar refractivity (Wildman–Crippen MR) is 91.6 cm³/mol. The van der Waals surface area contributed by atoms with Gasteiger partial charge in [-0.25, -0.2) is 4.98 Å². The molecule has 0 amide bonds. The minimum absolute atomic E-state index is 0.0126. The molecule has 3 heterocycles. The lowest BCUT2D eigenvalue weighted by atomic mass is 9.87. The van der Waals surface area contributed by atoms with E-state index in [-0.39, 0.29) is 5.41 Å². The van der Waals surface area contributed by atoms with Crippen molar-refractivity contribution in [1.29, 1.82) is 5.26 Å². The molecule has 124 valence electrons. The number of hydrogen-bond acceptors (Lipinski definition) is 4. The largest absolute Gasteiger partial charge is 0.381 e. The zero-order valence-electron chi connectivity index (χ0n) is 14.5. The van der Waals surface area contributed by atoms with Gasteiger partial charge in [0, 0.05) is 31.3 Å². The van der Waals surface area contributed by atoms with E-state index in [1.807, 2.05) is 12.3 Å². The van der Waals surface area contributed by atoms with Gasteiger partial charge >= 0.3 is 0 Å². The van der Waals surface area contributed by atoms with E-state index in [2.05, 4.69) is 31.7 Å². The molecule has 0 aliphatic carbocycles. The van der Waals surface area contributed by atoms with Crippen LogP contribution in [0.25, 0.3) is 0 Å². The Kier molecular flexibility index (Phi) is 4.59. The summed E-state index contributed by atoms with van der Waals surface area (Å²) in [4.78, 5) is 7.07. The Morgan fingerprint density at radius 2 is 2.13 bits per heavy atom. The first-order valence-corrected chi connectivity index (χ1v) is 8.75. The second-order valence-corrected chi connectivity index (χ2v) is 7.84. The van der Waals surface area contributed by atoms with Crippen molar-refractivity contribution in [3.63, 3.8) is 0 Å². The van der Waals surface area contributed by atoms with Crippen molar-refractivity contribution in [2.24, 2.45) is 5.92 Å². The molecule has 2 unspecified atom stereocenters. The van der Waals surface area contributed by atoms with Crippen LogP contribution in [0.15, 0.2) is 12.3 Å². The van der Waals surface area contributed by atoms with Crippen LogP contribution in [0.1, 0.15) is 57.6 Å². The minimum Gasteiger partial charge on any atom is -0.381 e. The lowest BCUT2D eigenvalue weighted by molar-refractivity contribution is 0.0454. The number of aromatic nitrogens is 1. The molecular formula is C19H27N3O. The van der Waals surface area contributed by atoms with Crippen molar-refractivity contribution in [2.75, 3.05) is 24.7 Å². The first-order valence-electron chi connectivity index (χ1n) is 8.75. The van der Waals surface area contributed by atoms with Crippen molar-refractivity contribution >= 4 is 5.82 Å². The quantitative estimate of drug-likeness (QED) is 0.836. The van der Waals surface area contributed by atoms with Crippen LogP contribution >= 0.6 is 0 Å². The molecule has 2 aliphatic heterocycles. The van der Waals surface area contributed by atoms with E-state index in [0.717, 1.165) is 37.6 Å². The van der Waals surface area contributed by atoms with Crippen molar-refractivity contribution in [2.45, 2.75) is 57.9 Å². The normalized spacial score (nSPS) is 25.4. The van der Waals surface area contributed by atoms with Gasteiger partial charge in [-0.1, -0.05) is 20.8 Å². The highest BCUT2D eigenvalue weighted by Crippen LogP contribution is 2.35. The topological polar surface area (TPSA) is 49.2 Å². The second kappa shape index (κ2) is 6.49. The molecule has 0 aromatic carbocycles. The Morgan fingerprint density at radius 1 is 1.30 bits per heavy atom. The van der Waals surface area contributed by atoms with Gasteiger partial charge in [-0.3, -0.25) is 0 Å². The van der Waals surface area contributed by atoms with Crippen molar-refractivity contribution in [1.82, 2.24) is 4.98 Å². The first kappa shape index (κ1) is 16.3. The second-order valence-electron chi connectivity index (χ2n) is 7.84. The molecule has 0 saturated carbocycles. The van der Waals surface area contributed by atoms with Crippen LogP contribution in [-0.2, 0) is 10.2 Å². The van der Waals surface area contributed by atoms with Gasteiger partial charge < -0.3 is 9.64 Å². The van der Waals surface area contributed by atoms with Gasteiger partial charge in [0.1, 0.15) is 11.9 Å². The molecule has 2 atom stereocenters. The van der Waals surface area contributed by atoms with Gasteiger partial charge in [0.05, 0.1) is 12.2 Å². The number of pyridine rings is 1. The average molecular weight is 313 g/mol. The molecule has 2 fully saturated rings. The van der Waals surface area contributed by atoms with Crippen LogP contribution in [0.4, 0.5) is 5.82 Å². The summed E-state index contributed by atoms with van der Waals surface area (Å²) in [7, 11) is 0. The summed E-state index contributed by atoms with van der Waals surface area (Å²) in [5.41, 5.74) is 1.84. The first-order chi connectivity index (χ1) is 11.0. The smallest absolute Gasteiger partial charge is 0.146 e. The molecule has 23 heavy (non-hydrogen) atoms. The van der Waals surface area contributed by atoms with E-state index >= 15 is 0 Å². The van der Waals surface area contributed by atoms with Crippen LogP contribution < -0.4 is 4.90 Å². The van der Waals surface area contributed by atoms with Gasteiger partial charge in [-0.05, 0) is 42.7 Å². The number of rotatable bonds is 2. The molecule has 1 aromatic heterocycles. The summed E-state index contributed by atoms with van der Waals surface area (Å²) in [6.45, 7) is 9.21. The lowest BCUT2D eigenvalue weighted by Gasteiger charge is -2.35. The highest BCUT2D eigenvalue weighted by atomic mass is 16.5. The van der Waals surface area contributed by atoms with Crippen LogP contribution in [0.5, 0.6) is 0 Å². The van der Waals surface area contributed by atoms with Gasteiger partial charge in [-0.15, -0.1) is 0 Å². The number of nitriles is 1. The molecule has 0 bridgehead atoms. The summed E-state index contributed by atoms with van der Waals surface area (Å²) < 4.78 is 5.69. The third kappa shape index (κ3) is 3.35. The summed E-state index contributed by atoms with van der Waals surface area (Å²) in [6, 6.07) is 4.86. The maximum Gasteiger partial charge on any atom is 0.146 e. The number of anilines is 1. The SMILES string of the molecule is CC(C)(C)c1cnc(N2CCCC2C2CCCOC2)c(C#N)c1. The van der Waals surface area contributed by atoms with Gasteiger partial charge in [0.25, 0.3) is 0 Å². The number of nitrogens with zero attached hydrogens (tertiary/aromatic N) is 3. The van der Waals surface area contributed by atoms with Gasteiger partial charge in [-0.2, -0.15) is 5.26 Å². The molecule has 0 radical (unpaired) electrons. The van der Waals surface area contributed by atoms with Crippen LogP contribution in [0.3, 0.4) is 0 Å². The Morgan fingerprint density at radius 3 is 2.78 bits per heavy atom. The number of hydrogen-bond donors (Lipinski definition) is 0. The average Bonchev–Trinajstić information content (AvgIpc) is 3.03. The molecule has 1 aromatic rings. The molecule has 4 heteroatoms. The summed E-state index contributed by atoms with van der Waals surface area (Å²) in [5, 5.41) is 9.62. The maximum atomic E-state index is 9.62. The number of ether oxygens (including phenoxy) is 1. The fourth-order valence-corrected chi connectivity index (χ4v) is 3.79. The van der Waals surface area contributed by atoms with E-state index in [9.17, 15) is 5.26 Å².